The number of benzene rings is 1. The molecule has 0 radical (unpaired) electrons. The average molecular weight is 450 g/mol. The summed E-state index contributed by atoms with van der Waals surface area (Å²) in [6, 6.07) is 5.80. The molecule has 0 aliphatic heterocycles. The van der Waals surface area contributed by atoms with E-state index >= 15 is 0 Å². The summed E-state index contributed by atoms with van der Waals surface area (Å²) in [4.78, 5) is 24.3. The monoisotopic (exact) mass is 449 g/mol. The topological polar surface area (TPSA) is 87.3 Å². The first kappa shape index (κ1) is 21.9. The SMILES string of the molecule is COc1ccc(/C=C/C(=O)C23CC4CC(CC(C4)C2)C3)cc1Cn1nc(C)c([N+](=O)[O-])c1C. The summed E-state index contributed by atoms with van der Waals surface area (Å²) in [6.45, 7) is 3.71. The molecule has 7 nitrogen and oxygen atoms in total. The lowest BCUT2D eigenvalue weighted by atomic mass is 9.48. The van der Waals surface area contributed by atoms with E-state index in [0.717, 1.165) is 48.1 Å². The van der Waals surface area contributed by atoms with Gasteiger partial charge in [0.2, 0.25) is 0 Å². The third-order valence-corrected chi connectivity index (χ3v) is 8.14. The van der Waals surface area contributed by atoms with Gasteiger partial charge in [-0.3, -0.25) is 19.6 Å². The zero-order valence-electron chi connectivity index (χ0n) is 19.5. The molecular weight excluding hydrogens is 418 g/mol. The standard InChI is InChI=1S/C26H31N3O4/c1-16-25(29(31)32)17(2)28(27-16)15-22-11-18(4-6-23(22)33-3)5-7-24(30)26-12-19-8-20(13-26)10-21(9-19)14-26/h4-7,11,19-21H,8-10,12-15H2,1-3H3/b7-5+. The molecule has 1 aromatic carbocycles. The van der Waals surface area contributed by atoms with Gasteiger partial charge in [-0.25, -0.2) is 0 Å². The molecule has 0 unspecified atom stereocenters. The normalized spacial score (nSPS) is 27.9. The smallest absolute Gasteiger partial charge is 0.312 e. The number of methoxy groups -OCH3 is 1. The largest absolute Gasteiger partial charge is 0.496 e. The molecule has 1 heterocycles. The first-order chi connectivity index (χ1) is 15.8. The van der Waals surface area contributed by atoms with Gasteiger partial charge in [-0.1, -0.05) is 12.1 Å². The van der Waals surface area contributed by atoms with E-state index in [4.69, 9.17) is 4.74 Å². The number of ketones is 1. The van der Waals surface area contributed by atoms with Crippen molar-refractivity contribution in [2.24, 2.45) is 23.2 Å². The van der Waals surface area contributed by atoms with Crippen LogP contribution < -0.4 is 4.74 Å². The van der Waals surface area contributed by atoms with E-state index < -0.39 is 0 Å². The Labute approximate surface area is 194 Å². The van der Waals surface area contributed by atoms with Crippen LogP contribution in [0.2, 0.25) is 0 Å². The van der Waals surface area contributed by atoms with Gasteiger partial charge in [0.1, 0.15) is 17.1 Å². The van der Waals surface area contributed by atoms with Crippen molar-refractivity contribution in [1.29, 1.82) is 0 Å². The Morgan fingerprint density at radius 3 is 2.39 bits per heavy atom. The molecule has 7 heteroatoms. The van der Waals surface area contributed by atoms with Crippen LogP contribution in [0.3, 0.4) is 0 Å². The molecule has 174 valence electrons. The number of hydrogen-bond acceptors (Lipinski definition) is 5. The molecule has 4 bridgehead atoms. The highest BCUT2D eigenvalue weighted by Gasteiger charge is 2.53. The van der Waals surface area contributed by atoms with Crippen LogP contribution >= 0.6 is 0 Å². The third-order valence-electron chi connectivity index (χ3n) is 8.14. The second kappa shape index (κ2) is 8.12. The van der Waals surface area contributed by atoms with Gasteiger partial charge in [0.05, 0.1) is 18.6 Å². The number of aromatic nitrogens is 2. The molecule has 0 spiro atoms. The van der Waals surface area contributed by atoms with Gasteiger partial charge in [-0.05, 0) is 93.9 Å². The number of aryl methyl sites for hydroxylation is 1. The molecule has 4 fully saturated rings. The first-order valence-electron chi connectivity index (χ1n) is 11.9. The second-order valence-corrected chi connectivity index (χ2v) is 10.4. The highest BCUT2D eigenvalue weighted by atomic mass is 16.6. The average Bonchev–Trinajstić information content (AvgIpc) is 3.04. The van der Waals surface area contributed by atoms with Gasteiger partial charge in [0.25, 0.3) is 0 Å². The van der Waals surface area contributed by atoms with Crippen molar-refractivity contribution in [3.63, 3.8) is 0 Å². The van der Waals surface area contributed by atoms with Crippen LogP contribution in [0.5, 0.6) is 5.75 Å². The Morgan fingerprint density at radius 1 is 1.21 bits per heavy atom. The minimum absolute atomic E-state index is 0.0474. The van der Waals surface area contributed by atoms with E-state index in [1.807, 2.05) is 24.3 Å². The molecular formula is C26H31N3O4. The summed E-state index contributed by atoms with van der Waals surface area (Å²) in [5.41, 5.74) is 2.60. The van der Waals surface area contributed by atoms with Crippen LogP contribution in [0.4, 0.5) is 5.69 Å². The lowest BCUT2D eigenvalue weighted by Gasteiger charge is -2.55. The Hall–Kier alpha value is -2.96. The number of rotatable bonds is 7. The predicted molar refractivity (Wildman–Crippen MR) is 125 cm³/mol. The fraction of sp³-hybridized carbons (Fsp3) is 0.538. The molecule has 1 aromatic heterocycles. The molecule has 0 amide bonds. The van der Waals surface area contributed by atoms with Gasteiger partial charge >= 0.3 is 5.69 Å². The summed E-state index contributed by atoms with van der Waals surface area (Å²) >= 11 is 0. The van der Waals surface area contributed by atoms with E-state index in [1.165, 1.54) is 19.3 Å². The van der Waals surface area contributed by atoms with Gasteiger partial charge in [-0.15, -0.1) is 0 Å². The van der Waals surface area contributed by atoms with Crippen molar-refractivity contribution in [3.8, 4) is 5.75 Å². The maximum absolute atomic E-state index is 13.3. The molecule has 0 atom stereocenters. The Bertz CT molecular complexity index is 1110. The highest BCUT2D eigenvalue weighted by molar-refractivity contribution is 5.98. The summed E-state index contributed by atoms with van der Waals surface area (Å²) < 4.78 is 7.16. The van der Waals surface area contributed by atoms with Crippen LogP contribution in [0.15, 0.2) is 24.3 Å². The lowest BCUT2D eigenvalue weighted by molar-refractivity contribution is -0.386. The quantitative estimate of drug-likeness (QED) is 0.327. The number of hydrogen-bond donors (Lipinski definition) is 0. The van der Waals surface area contributed by atoms with Crippen molar-refractivity contribution >= 4 is 17.5 Å². The van der Waals surface area contributed by atoms with Gasteiger partial charge in [0.15, 0.2) is 5.78 Å². The molecule has 0 N–H and O–H groups in total. The fourth-order valence-electron chi connectivity index (χ4n) is 7.05. The predicted octanol–water partition coefficient (Wildman–Crippen LogP) is 5.26. The zero-order valence-corrected chi connectivity index (χ0v) is 19.5. The number of ether oxygens (including phenoxy) is 1. The first-order valence-corrected chi connectivity index (χ1v) is 11.9. The second-order valence-electron chi connectivity index (χ2n) is 10.4. The maximum Gasteiger partial charge on any atom is 0.312 e. The van der Waals surface area contributed by atoms with Crippen molar-refractivity contribution < 1.29 is 14.5 Å². The summed E-state index contributed by atoms with van der Waals surface area (Å²) in [7, 11) is 1.61. The third kappa shape index (κ3) is 3.87. The van der Waals surface area contributed by atoms with Crippen LogP contribution in [0.25, 0.3) is 6.08 Å². The number of carbonyl (C=O) groups is 1. The summed E-state index contributed by atoms with van der Waals surface area (Å²) in [6.07, 6.45) is 10.8. The number of carbonyl (C=O) groups excluding carboxylic acids is 1. The van der Waals surface area contributed by atoms with E-state index in [-0.39, 0.29) is 21.8 Å². The number of nitrogens with zero attached hydrogens (tertiary/aromatic N) is 3. The summed E-state index contributed by atoms with van der Waals surface area (Å²) in [5, 5.41) is 15.7. The van der Waals surface area contributed by atoms with Crippen molar-refractivity contribution in [2.75, 3.05) is 7.11 Å². The fourth-order valence-corrected chi connectivity index (χ4v) is 7.05. The van der Waals surface area contributed by atoms with Gasteiger partial charge in [-0.2, -0.15) is 5.10 Å². The van der Waals surface area contributed by atoms with Crippen LogP contribution in [-0.4, -0.2) is 27.6 Å². The Kier molecular flexibility index (Phi) is 5.38. The van der Waals surface area contributed by atoms with E-state index in [9.17, 15) is 14.9 Å². The van der Waals surface area contributed by atoms with Gasteiger partial charge in [0, 0.05) is 11.0 Å². The summed E-state index contributed by atoms with van der Waals surface area (Å²) in [5.74, 6) is 3.20. The maximum atomic E-state index is 13.3. The molecule has 4 saturated carbocycles. The molecule has 6 rings (SSSR count). The lowest BCUT2D eigenvalue weighted by Crippen LogP contribution is -2.49. The van der Waals surface area contributed by atoms with E-state index in [1.54, 1.807) is 31.7 Å². The van der Waals surface area contributed by atoms with Crippen LogP contribution in [0, 0.1) is 47.1 Å². The Morgan fingerprint density at radius 2 is 1.85 bits per heavy atom. The van der Waals surface area contributed by atoms with Crippen molar-refractivity contribution in [3.05, 3.63) is 56.9 Å². The van der Waals surface area contributed by atoms with Crippen molar-refractivity contribution in [2.45, 2.75) is 58.9 Å². The number of allylic oxidation sites excluding steroid dienone is 1. The zero-order chi connectivity index (χ0) is 23.3. The van der Waals surface area contributed by atoms with Gasteiger partial charge < -0.3 is 4.74 Å². The molecule has 0 saturated heterocycles. The Balaban J connectivity index is 1.38. The minimum atomic E-state index is -0.388. The van der Waals surface area contributed by atoms with E-state index in [0.29, 0.717) is 23.7 Å². The molecule has 33 heavy (non-hydrogen) atoms. The molecule has 4 aliphatic carbocycles. The number of nitro groups is 1. The van der Waals surface area contributed by atoms with Crippen LogP contribution in [-0.2, 0) is 11.3 Å². The highest BCUT2D eigenvalue weighted by Crippen LogP contribution is 2.60. The molecule has 4 aliphatic rings. The molecule has 2 aromatic rings. The van der Waals surface area contributed by atoms with E-state index in [2.05, 4.69) is 5.10 Å². The minimum Gasteiger partial charge on any atom is -0.496 e. The van der Waals surface area contributed by atoms with Crippen LogP contribution in [0.1, 0.15) is 61.0 Å². The van der Waals surface area contributed by atoms with Crippen molar-refractivity contribution in [1.82, 2.24) is 9.78 Å².